The highest BCUT2D eigenvalue weighted by Crippen LogP contribution is 2.21. The number of benzene rings is 4. The molecule has 4 aromatic carbocycles. The molecule has 0 atom stereocenters. The molecule has 0 N–H and O–H groups in total. The van der Waals surface area contributed by atoms with Crippen LogP contribution in [0.4, 0.5) is 0 Å². The standard InChI is InChI=1S/C25H16O4/c26-22(15-18-11-5-9-16-7-1-3-12-19(16)18)24(28)25(29)23(27)21-14-6-10-17-8-2-4-13-20(17)21/h1-14H,15H2. The summed E-state index contributed by atoms with van der Waals surface area (Å²) in [6, 6.07) is 24.9. The van der Waals surface area contributed by atoms with E-state index in [2.05, 4.69) is 0 Å². The largest absolute Gasteiger partial charge is 0.290 e. The third-order valence-electron chi connectivity index (χ3n) is 4.93. The van der Waals surface area contributed by atoms with Crippen LogP contribution in [0.5, 0.6) is 0 Å². The summed E-state index contributed by atoms with van der Waals surface area (Å²) in [5, 5.41) is 3.12. The fourth-order valence-electron chi connectivity index (χ4n) is 3.48. The van der Waals surface area contributed by atoms with E-state index in [9.17, 15) is 19.2 Å². The van der Waals surface area contributed by atoms with Gasteiger partial charge in [0.05, 0.1) is 0 Å². The van der Waals surface area contributed by atoms with E-state index >= 15 is 0 Å². The molecule has 4 heteroatoms. The Hall–Kier alpha value is -3.92. The Balaban J connectivity index is 1.59. The van der Waals surface area contributed by atoms with Crippen LogP contribution in [0.15, 0.2) is 84.9 Å². The quantitative estimate of drug-likeness (QED) is 0.287. The monoisotopic (exact) mass is 380 g/mol. The van der Waals surface area contributed by atoms with Crippen molar-refractivity contribution in [1.82, 2.24) is 0 Å². The second kappa shape index (κ2) is 7.60. The summed E-state index contributed by atoms with van der Waals surface area (Å²) in [4.78, 5) is 50.0. The maximum absolute atomic E-state index is 12.6. The lowest BCUT2D eigenvalue weighted by Crippen LogP contribution is -2.31. The Kier molecular flexibility index (Phi) is 4.83. The first-order chi connectivity index (χ1) is 14.1. The van der Waals surface area contributed by atoms with E-state index in [-0.39, 0.29) is 12.0 Å². The topological polar surface area (TPSA) is 68.3 Å². The minimum absolute atomic E-state index is 0.124. The highest BCUT2D eigenvalue weighted by molar-refractivity contribution is 6.80. The van der Waals surface area contributed by atoms with Crippen molar-refractivity contribution in [2.45, 2.75) is 6.42 Å². The predicted molar refractivity (Wildman–Crippen MR) is 111 cm³/mol. The molecule has 0 fully saturated rings. The fourth-order valence-corrected chi connectivity index (χ4v) is 3.48. The number of fused-ring (bicyclic) bond motifs is 2. The Bertz CT molecular complexity index is 1290. The zero-order valence-corrected chi connectivity index (χ0v) is 15.4. The van der Waals surface area contributed by atoms with E-state index in [1.165, 1.54) is 6.07 Å². The lowest BCUT2D eigenvalue weighted by Gasteiger charge is -2.06. The van der Waals surface area contributed by atoms with Crippen LogP contribution in [0.3, 0.4) is 0 Å². The average Bonchev–Trinajstić information content (AvgIpc) is 2.77. The molecule has 0 aliphatic carbocycles. The number of rotatable bonds is 6. The van der Waals surface area contributed by atoms with Gasteiger partial charge in [0, 0.05) is 12.0 Å². The van der Waals surface area contributed by atoms with Crippen LogP contribution in [0, 0.1) is 0 Å². The van der Waals surface area contributed by atoms with Gasteiger partial charge in [-0.05, 0) is 27.1 Å². The van der Waals surface area contributed by atoms with Crippen LogP contribution in [0.25, 0.3) is 21.5 Å². The number of hydrogen-bond donors (Lipinski definition) is 0. The Morgan fingerprint density at radius 3 is 1.83 bits per heavy atom. The maximum Gasteiger partial charge on any atom is 0.277 e. The first-order valence-electron chi connectivity index (χ1n) is 9.17. The van der Waals surface area contributed by atoms with Crippen molar-refractivity contribution in [2.75, 3.05) is 0 Å². The lowest BCUT2D eigenvalue weighted by molar-refractivity contribution is -0.142. The van der Waals surface area contributed by atoms with E-state index in [0.29, 0.717) is 10.9 Å². The molecule has 0 saturated carbocycles. The molecule has 0 aliphatic heterocycles. The van der Waals surface area contributed by atoms with E-state index in [4.69, 9.17) is 0 Å². The number of hydrogen-bond acceptors (Lipinski definition) is 4. The van der Waals surface area contributed by atoms with Crippen LogP contribution < -0.4 is 0 Å². The minimum Gasteiger partial charge on any atom is -0.290 e. The summed E-state index contributed by atoms with van der Waals surface area (Å²) >= 11 is 0. The van der Waals surface area contributed by atoms with Crippen LogP contribution in [0.2, 0.25) is 0 Å². The third kappa shape index (κ3) is 3.48. The summed E-state index contributed by atoms with van der Waals surface area (Å²) < 4.78 is 0. The zero-order chi connectivity index (χ0) is 20.4. The molecule has 0 bridgehead atoms. The summed E-state index contributed by atoms with van der Waals surface area (Å²) in [6.45, 7) is 0. The van der Waals surface area contributed by atoms with Gasteiger partial charge in [-0.25, -0.2) is 0 Å². The van der Waals surface area contributed by atoms with E-state index < -0.39 is 23.1 Å². The molecule has 0 aliphatic rings. The second-order valence-electron chi connectivity index (χ2n) is 6.75. The molecule has 0 saturated heterocycles. The van der Waals surface area contributed by atoms with Crippen molar-refractivity contribution in [3.8, 4) is 0 Å². The highest BCUT2D eigenvalue weighted by Gasteiger charge is 2.30. The molecule has 140 valence electrons. The van der Waals surface area contributed by atoms with Gasteiger partial charge in [0.25, 0.3) is 11.6 Å². The van der Waals surface area contributed by atoms with Crippen molar-refractivity contribution < 1.29 is 19.2 Å². The zero-order valence-electron chi connectivity index (χ0n) is 15.4. The van der Waals surface area contributed by atoms with Gasteiger partial charge in [0.2, 0.25) is 11.6 Å². The molecule has 0 amide bonds. The predicted octanol–water partition coefficient (Wildman–Crippen LogP) is 4.13. The molecule has 4 rings (SSSR count). The summed E-state index contributed by atoms with van der Waals surface area (Å²) in [5.74, 6) is -4.43. The molecule has 0 unspecified atom stereocenters. The maximum atomic E-state index is 12.6. The average molecular weight is 380 g/mol. The summed E-state index contributed by atoms with van der Waals surface area (Å²) in [6.07, 6.45) is -0.227. The van der Waals surface area contributed by atoms with E-state index in [0.717, 1.165) is 16.2 Å². The van der Waals surface area contributed by atoms with Crippen molar-refractivity contribution in [2.24, 2.45) is 0 Å². The Labute approximate surface area is 166 Å². The number of carbonyl (C=O) groups is 4. The van der Waals surface area contributed by atoms with Gasteiger partial charge in [-0.1, -0.05) is 84.9 Å². The lowest BCUT2D eigenvalue weighted by atomic mass is 9.94. The normalized spacial score (nSPS) is 10.8. The van der Waals surface area contributed by atoms with Crippen LogP contribution in [-0.2, 0) is 20.8 Å². The molecule has 0 heterocycles. The van der Waals surface area contributed by atoms with Gasteiger partial charge in [-0.15, -0.1) is 0 Å². The smallest absolute Gasteiger partial charge is 0.277 e. The number of ketones is 4. The van der Waals surface area contributed by atoms with Crippen LogP contribution >= 0.6 is 0 Å². The molecule has 29 heavy (non-hydrogen) atoms. The summed E-state index contributed by atoms with van der Waals surface area (Å²) in [7, 11) is 0. The van der Waals surface area contributed by atoms with Gasteiger partial charge < -0.3 is 0 Å². The number of carbonyl (C=O) groups excluding carboxylic acids is 4. The second-order valence-corrected chi connectivity index (χ2v) is 6.75. The molecule has 4 aromatic rings. The highest BCUT2D eigenvalue weighted by atomic mass is 16.2. The Morgan fingerprint density at radius 1 is 0.552 bits per heavy atom. The van der Waals surface area contributed by atoms with Gasteiger partial charge in [-0.3, -0.25) is 19.2 Å². The van der Waals surface area contributed by atoms with Gasteiger partial charge in [0.15, 0.2) is 0 Å². The SMILES string of the molecule is O=C(Cc1cccc2ccccc12)C(=O)C(=O)C(=O)c1cccc2ccccc12. The molecular formula is C25H16O4. The van der Waals surface area contributed by atoms with Crippen molar-refractivity contribution >= 4 is 44.7 Å². The van der Waals surface area contributed by atoms with Crippen molar-refractivity contribution in [3.63, 3.8) is 0 Å². The molecule has 0 radical (unpaired) electrons. The molecule has 0 aromatic heterocycles. The van der Waals surface area contributed by atoms with Gasteiger partial charge in [0.1, 0.15) is 0 Å². The van der Waals surface area contributed by atoms with E-state index in [1.54, 1.807) is 30.3 Å². The molecule has 0 spiro atoms. The van der Waals surface area contributed by atoms with Crippen molar-refractivity contribution in [1.29, 1.82) is 0 Å². The minimum atomic E-state index is -1.30. The van der Waals surface area contributed by atoms with Crippen LogP contribution in [-0.4, -0.2) is 23.1 Å². The Morgan fingerprint density at radius 2 is 1.10 bits per heavy atom. The van der Waals surface area contributed by atoms with Gasteiger partial charge >= 0.3 is 0 Å². The van der Waals surface area contributed by atoms with Crippen molar-refractivity contribution in [3.05, 3.63) is 96.1 Å². The molecular weight excluding hydrogens is 364 g/mol. The van der Waals surface area contributed by atoms with Gasteiger partial charge in [-0.2, -0.15) is 0 Å². The molecule has 4 nitrogen and oxygen atoms in total. The summed E-state index contributed by atoms with van der Waals surface area (Å²) in [5.41, 5.74) is 0.770. The first-order valence-corrected chi connectivity index (χ1v) is 9.17. The van der Waals surface area contributed by atoms with Crippen LogP contribution in [0.1, 0.15) is 15.9 Å². The number of Topliss-reactive ketones (excluding diaryl/α,β-unsaturated/α-hetero) is 4. The first kappa shape index (κ1) is 18.4. The third-order valence-corrected chi connectivity index (χ3v) is 4.93. The fraction of sp³-hybridized carbons (Fsp3) is 0.0400. The van der Waals surface area contributed by atoms with E-state index in [1.807, 2.05) is 48.5 Å².